The highest BCUT2D eigenvalue weighted by Crippen LogP contribution is 2.21. The molecule has 1 unspecified atom stereocenters. The number of carbonyl (C=O) groups excluding carboxylic acids is 1. The Balaban J connectivity index is 3.15. The van der Waals surface area contributed by atoms with Gasteiger partial charge in [-0.2, -0.15) is 8.42 Å². The van der Waals surface area contributed by atoms with Crippen LogP contribution in [0.4, 0.5) is 0 Å². The summed E-state index contributed by atoms with van der Waals surface area (Å²) in [5.41, 5.74) is 0.111. The van der Waals surface area contributed by atoms with E-state index in [-0.39, 0.29) is 17.6 Å². The van der Waals surface area contributed by atoms with Crippen molar-refractivity contribution in [3.05, 3.63) is 29.8 Å². The summed E-state index contributed by atoms with van der Waals surface area (Å²) >= 11 is 0. The van der Waals surface area contributed by atoms with E-state index in [1.165, 1.54) is 24.3 Å². The minimum atomic E-state index is -4.43. The van der Waals surface area contributed by atoms with Crippen molar-refractivity contribution in [1.29, 1.82) is 0 Å². The van der Waals surface area contributed by atoms with Crippen molar-refractivity contribution >= 4 is 16.4 Å². The van der Waals surface area contributed by atoms with Crippen molar-refractivity contribution < 1.29 is 22.9 Å². The molecule has 1 rings (SSSR count). The van der Waals surface area contributed by atoms with Gasteiger partial charge in [-0.25, -0.2) is 0 Å². The predicted octanol–water partition coefficient (Wildman–Crippen LogP) is 0.520. The first-order valence-electron chi connectivity index (χ1n) is 3.65. The number of benzene rings is 1. The molecule has 0 saturated carbocycles. The monoisotopic (exact) mass is 216 g/mol. The second-order valence-corrected chi connectivity index (χ2v) is 4.20. The Morgan fingerprint density at radius 3 is 2.07 bits per heavy atom. The van der Waals surface area contributed by atoms with Gasteiger partial charge in [-0.1, -0.05) is 12.1 Å². The fraction of sp³-hybridized carbons (Fsp3) is 0.125. The Morgan fingerprint density at radius 2 is 1.71 bits per heavy atom. The Kier molecular flexibility index (Phi) is 2.87. The van der Waals surface area contributed by atoms with Gasteiger partial charge in [-0.15, -0.1) is 0 Å². The van der Waals surface area contributed by atoms with Crippen molar-refractivity contribution in [2.45, 2.75) is 5.25 Å². The fourth-order valence-electron chi connectivity index (χ4n) is 0.985. The van der Waals surface area contributed by atoms with Crippen LogP contribution in [0.1, 0.15) is 10.8 Å². The van der Waals surface area contributed by atoms with Crippen molar-refractivity contribution in [1.82, 2.24) is 0 Å². The molecule has 0 fully saturated rings. The zero-order valence-electron chi connectivity index (χ0n) is 6.99. The maximum atomic E-state index is 10.7. The van der Waals surface area contributed by atoms with E-state index in [0.717, 1.165) is 0 Å². The van der Waals surface area contributed by atoms with E-state index in [1.807, 2.05) is 0 Å². The van der Waals surface area contributed by atoms with Crippen LogP contribution in [0.5, 0.6) is 5.75 Å². The molecule has 0 heterocycles. The van der Waals surface area contributed by atoms with Crippen molar-refractivity contribution in [3.63, 3.8) is 0 Å². The number of hydrogen-bond donors (Lipinski definition) is 2. The molecule has 0 spiro atoms. The first kappa shape index (κ1) is 10.7. The molecule has 76 valence electrons. The van der Waals surface area contributed by atoms with Crippen LogP contribution in [0.25, 0.3) is 0 Å². The van der Waals surface area contributed by atoms with Gasteiger partial charge in [0.05, 0.1) is 0 Å². The Morgan fingerprint density at radius 1 is 1.21 bits per heavy atom. The number of hydrogen-bond acceptors (Lipinski definition) is 4. The maximum absolute atomic E-state index is 10.7. The maximum Gasteiger partial charge on any atom is 0.278 e. The average Bonchev–Trinajstić information content (AvgIpc) is 2.07. The SMILES string of the molecule is O=CC(c1ccc(O)cc1)S(=O)(=O)O. The summed E-state index contributed by atoms with van der Waals surface area (Å²) in [5, 5.41) is 7.32. The first-order valence-corrected chi connectivity index (χ1v) is 5.16. The molecular weight excluding hydrogens is 208 g/mol. The van der Waals surface area contributed by atoms with E-state index >= 15 is 0 Å². The molecule has 1 aromatic rings. The normalized spacial score (nSPS) is 13.5. The summed E-state index contributed by atoms with van der Waals surface area (Å²) in [5.74, 6) is -0.0475. The molecule has 14 heavy (non-hydrogen) atoms. The van der Waals surface area contributed by atoms with Crippen LogP contribution < -0.4 is 0 Å². The van der Waals surface area contributed by atoms with Crippen LogP contribution in [-0.2, 0) is 14.9 Å². The van der Waals surface area contributed by atoms with Gasteiger partial charge in [0, 0.05) is 0 Å². The van der Waals surface area contributed by atoms with Crippen LogP contribution in [0.3, 0.4) is 0 Å². The van der Waals surface area contributed by atoms with Gasteiger partial charge in [0.25, 0.3) is 10.1 Å². The molecule has 0 aliphatic rings. The van der Waals surface area contributed by atoms with Crippen molar-refractivity contribution in [2.24, 2.45) is 0 Å². The molecule has 1 atom stereocenters. The summed E-state index contributed by atoms with van der Waals surface area (Å²) < 4.78 is 30.1. The lowest BCUT2D eigenvalue weighted by Gasteiger charge is -2.06. The highest BCUT2D eigenvalue weighted by atomic mass is 32.2. The number of aldehydes is 1. The van der Waals surface area contributed by atoms with Gasteiger partial charge < -0.3 is 9.90 Å². The Labute approximate surface area is 80.7 Å². The van der Waals surface area contributed by atoms with E-state index in [4.69, 9.17) is 9.66 Å². The Hall–Kier alpha value is -1.40. The van der Waals surface area contributed by atoms with Crippen molar-refractivity contribution in [3.8, 4) is 5.75 Å². The lowest BCUT2D eigenvalue weighted by molar-refractivity contribution is -0.107. The molecule has 2 N–H and O–H groups in total. The third-order valence-corrected chi connectivity index (χ3v) is 2.69. The molecular formula is C8H8O5S. The average molecular weight is 216 g/mol. The standard InChI is InChI=1S/C8H8O5S/c9-5-8(14(11,12)13)6-1-3-7(10)4-2-6/h1-5,8,10H,(H,11,12,13). The second-order valence-electron chi connectivity index (χ2n) is 2.66. The van der Waals surface area contributed by atoms with Gasteiger partial charge in [0.2, 0.25) is 0 Å². The summed E-state index contributed by atoms with van der Waals surface area (Å²) in [7, 11) is -4.43. The molecule has 0 bridgehead atoms. The van der Waals surface area contributed by atoms with E-state index < -0.39 is 15.4 Å². The largest absolute Gasteiger partial charge is 0.508 e. The third-order valence-electron chi connectivity index (χ3n) is 1.67. The van der Waals surface area contributed by atoms with Gasteiger partial charge >= 0.3 is 0 Å². The number of aromatic hydroxyl groups is 1. The van der Waals surface area contributed by atoms with Crippen LogP contribution >= 0.6 is 0 Å². The lowest BCUT2D eigenvalue weighted by Crippen LogP contribution is -2.13. The second kappa shape index (κ2) is 3.77. The molecule has 0 radical (unpaired) electrons. The van der Waals surface area contributed by atoms with Crippen LogP contribution in [0, 0.1) is 0 Å². The first-order chi connectivity index (χ1) is 6.45. The molecule has 0 amide bonds. The quantitative estimate of drug-likeness (QED) is 0.567. The fourth-order valence-corrected chi connectivity index (χ4v) is 1.63. The van der Waals surface area contributed by atoms with Crippen LogP contribution in [0.15, 0.2) is 24.3 Å². The number of phenolic OH excluding ortho intramolecular Hbond substituents is 1. The summed E-state index contributed by atoms with van der Waals surface area (Å²) in [6, 6.07) is 4.97. The smallest absolute Gasteiger partial charge is 0.278 e. The van der Waals surface area contributed by atoms with Gasteiger partial charge in [-0.3, -0.25) is 4.55 Å². The molecule has 0 aliphatic carbocycles. The zero-order valence-corrected chi connectivity index (χ0v) is 7.81. The Bertz CT molecular complexity index is 420. The highest BCUT2D eigenvalue weighted by Gasteiger charge is 2.24. The summed E-state index contributed by atoms with van der Waals surface area (Å²) in [6.07, 6.45) is 0.127. The van der Waals surface area contributed by atoms with Gasteiger partial charge in [0.15, 0.2) is 5.25 Å². The van der Waals surface area contributed by atoms with E-state index in [0.29, 0.717) is 0 Å². The minimum absolute atomic E-state index is 0.0475. The lowest BCUT2D eigenvalue weighted by atomic mass is 10.1. The topological polar surface area (TPSA) is 91.7 Å². The summed E-state index contributed by atoms with van der Waals surface area (Å²) in [4.78, 5) is 10.4. The number of carbonyl (C=O) groups is 1. The van der Waals surface area contributed by atoms with Crippen molar-refractivity contribution in [2.75, 3.05) is 0 Å². The molecule has 0 aromatic heterocycles. The molecule has 0 saturated heterocycles. The van der Waals surface area contributed by atoms with E-state index in [2.05, 4.69) is 0 Å². The van der Waals surface area contributed by atoms with Crippen LogP contribution in [-0.4, -0.2) is 24.4 Å². The molecule has 6 heteroatoms. The van der Waals surface area contributed by atoms with E-state index in [9.17, 15) is 13.2 Å². The predicted molar refractivity (Wildman–Crippen MR) is 48.5 cm³/mol. The number of phenols is 1. The van der Waals surface area contributed by atoms with Crippen LogP contribution in [0.2, 0.25) is 0 Å². The molecule has 1 aromatic carbocycles. The highest BCUT2D eigenvalue weighted by molar-refractivity contribution is 7.86. The van der Waals surface area contributed by atoms with E-state index in [1.54, 1.807) is 0 Å². The minimum Gasteiger partial charge on any atom is -0.508 e. The summed E-state index contributed by atoms with van der Waals surface area (Å²) in [6.45, 7) is 0. The van der Waals surface area contributed by atoms with Gasteiger partial charge in [0.1, 0.15) is 12.0 Å². The number of rotatable bonds is 3. The molecule has 5 nitrogen and oxygen atoms in total. The zero-order chi connectivity index (χ0) is 10.8. The molecule has 0 aliphatic heterocycles. The van der Waals surface area contributed by atoms with Gasteiger partial charge in [-0.05, 0) is 17.7 Å². The third kappa shape index (κ3) is 2.30.